The molecule has 3 N–H and O–H groups in total. The number of methoxy groups -OCH3 is 1. The number of pyridine rings is 1. The first kappa shape index (κ1) is 29.5. The van der Waals surface area contributed by atoms with E-state index in [0.29, 0.717) is 11.4 Å². The van der Waals surface area contributed by atoms with Gasteiger partial charge in [0, 0.05) is 49.9 Å². The van der Waals surface area contributed by atoms with E-state index in [1.54, 1.807) is 7.11 Å². The number of rotatable bonds is 8. The third-order valence-corrected chi connectivity index (χ3v) is 7.82. The molecule has 2 heterocycles. The molecule has 1 saturated heterocycles. The van der Waals surface area contributed by atoms with E-state index in [0.717, 1.165) is 78.1 Å². The first-order valence-corrected chi connectivity index (χ1v) is 14.7. The summed E-state index contributed by atoms with van der Waals surface area (Å²) >= 11 is 0. The van der Waals surface area contributed by atoms with Crippen LogP contribution in [0, 0.1) is 0 Å². The van der Waals surface area contributed by atoms with Crippen molar-refractivity contribution in [2.45, 2.75) is 39.7 Å². The first-order chi connectivity index (χ1) is 20.3. The predicted octanol–water partition coefficient (Wildman–Crippen LogP) is 6.49. The lowest BCUT2D eigenvalue weighted by molar-refractivity contribution is -0.0381. The van der Waals surface area contributed by atoms with Crippen LogP contribution in [0.15, 0.2) is 72.9 Å². The molecule has 0 radical (unpaired) electrons. The molecule has 1 aliphatic rings. The smallest absolute Gasteiger partial charge is 0.323 e. The summed E-state index contributed by atoms with van der Waals surface area (Å²) in [5.41, 5.74) is 5.58. The molecule has 0 saturated carbocycles. The standard InChI is InChI=1S/C34H42N6O2/c1-6-39(40-19-17-35-18-20-40)23-26-13-11-24(22-36-26)27-14-15-30(29-10-8-7-9-28(27)29)37-33(41)38-31-21-25(34(2,3)4)12-16-32(31)42-5/h7-16,21-22,35H,6,17-20,23H2,1-5H3,(H2,37,38,41). The summed E-state index contributed by atoms with van der Waals surface area (Å²) in [7, 11) is 1.61. The van der Waals surface area contributed by atoms with Gasteiger partial charge >= 0.3 is 6.03 Å². The number of fused-ring (bicyclic) bond motifs is 1. The molecule has 0 bridgehead atoms. The molecule has 4 aromatic rings. The molecule has 0 unspecified atom stereocenters. The van der Waals surface area contributed by atoms with Gasteiger partial charge in [0.05, 0.1) is 30.7 Å². The largest absolute Gasteiger partial charge is 0.495 e. The molecule has 1 fully saturated rings. The van der Waals surface area contributed by atoms with Gasteiger partial charge in [-0.25, -0.2) is 14.8 Å². The topological polar surface area (TPSA) is 81.8 Å². The zero-order valence-electron chi connectivity index (χ0n) is 25.3. The van der Waals surface area contributed by atoms with Crippen molar-refractivity contribution >= 4 is 28.2 Å². The highest BCUT2D eigenvalue weighted by Gasteiger charge is 2.19. The molecule has 0 aliphatic carbocycles. The maximum absolute atomic E-state index is 13.2. The Hall–Kier alpha value is -3.98. The van der Waals surface area contributed by atoms with Gasteiger partial charge in [0.2, 0.25) is 0 Å². The number of ether oxygens (including phenoxy) is 1. The Morgan fingerprint density at radius 3 is 2.38 bits per heavy atom. The van der Waals surface area contributed by atoms with E-state index in [1.807, 2.05) is 48.7 Å². The van der Waals surface area contributed by atoms with Crippen LogP contribution in [0.25, 0.3) is 21.9 Å². The number of hydrazine groups is 1. The zero-order valence-corrected chi connectivity index (χ0v) is 25.3. The molecule has 3 aromatic carbocycles. The number of benzene rings is 3. The van der Waals surface area contributed by atoms with E-state index in [1.165, 1.54) is 0 Å². The van der Waals surface area contributed by atoms with Crippen LogP contribution in [0.3, 0.4) is 0 Å². The fourth-order valence-electron chi connectivity index (χ4n) is 5.42. The highest BCUT2D eigenvalue weighted by molar-refractivity contribution is 6.10. The van der Waals surface area contributed by atoms with Crippen LogP contribution in [0.1, 0.15) is 39.0 Å². The lowest BCUT2D eigenvalue weighted by Crippen LogP contribution is -2.52. The monoisotopic (exact) mass is 566 g/mol. The molecular formula is C34H42N6O2. The summed E-state index contributed by atoms with van der Waals surface area (Å²) in [5, 5.41) is 16.3. The van der Waals surface area contributed by atoms with Crippen molar-refractivity contribution in [3.05, 3.63) is 84.2 Å². The van der Waals surface area contributed by atoms with Crippen molar-refractivity contribution in [2.75, 3.05) is 50.5 Å². The van der Waals surface area contributed by atoms with E-state index in [-0.39, 0.29) is 11.4 Å². The van der Waals surface area contributed by atoms with Crippen LogP contribution < -0.4 is 20.7 Å². The van der Waals surface area contributed by atoms with Gasteiger partial charge in [0.1, 0.15) is 5.75 Å². The lowest BCUT2D eigenvalue weighted by Gasteiger charge is -2.37. The number of nitrogens with zero attached hydrogens (tertiary/aromatic N) is 3. The van der Waals surface area contributed by atoms with Crippen LogP contribution in [-0.4, -0.2) is 60.9 Å². The summed E-state index contributed by atoms with van der Waals surface area (Å²) in [6.07, 6.45) is 1.96. The van der Waals surface area contributed by atoms with Gasteiger partial charge in [-0.15, -0.1) is 0 Å². The number of nitrogens with one attached hydrogen (secondary N) is 3. The predicted molar refractivity (Wildman–Crippen MR) is 172 cm³/mol. The Morgan fingerprint density at radius 1 is 0.976 bits per heavy atom. The molecule has 5 rings (SSSR count). The Bertz CT molecular complexity index is 1520. The fourth-order valence-corrected chi connectivity index (χ4v) is 5.42. The highest BCUT2D eigenvalue weighted by atomic mass is 16.5. The molecule has 42 heavy (non-hydrogen) atoms. The Balaban J connectivity index is 1.35. The van der Waals surface area contributed by atoms with Gasteiger partial charge in [-0.3, -0.25) is 4.98 Å². The molecular weight excluding hydrogens is 524 g/mol. The van der Waals surface area contributed by atoms with Crippen molar-refractivity contribution in [3.8, 4) is 16.9 Å². The maximum atomic E-state index is 13.2. The number of anilines is 2. The molecule has 220 valence electrons. The van der Waals surface area contributed by atoms with Crippen molar-refractivity contribution in [1.82, 2.24) is 20.3 Å². The van der Waals surface area contributed by atoms with Crippen LogP contribution >= 0.6 is 0 Å². The minimum Gasteiger partial charge on any atom is -0.495 e. The second-order valence-electron chi connectivity index (χ2n) is 11.7. The minimum absolute atomic E-state index is 0.0569. The molecule has 1 aromatic heterocycles. The van der Waals surface area contributed by atoms with Crippen molar-refractivity contribution in [3.63, 3.8) is 0 Å². The molecule has 8 heteroatoms. The Morgan fingerprint density at radius 2 is 1.71 bits per heavy atom. The first-order valence-electron chi connectivity index (χ1n) is 14.7. The SMILES string of the molecule is CCN(Cc1ccc(-c2ccc(NC(=O)Nc3cc(C(C)(C)C)ccc3OC)c3ccccc23)cn1)N1CCNCC1. The number of piperazine rings is 1. The number of amides is 2. The molecule has 8 nitrogen and oxygen atoms in total. The van der Waals surface area contributed by atoms with E-state index in [4.69, 9.17) is 9.72 Å². The quantitative estimate of drug-likeness (QED) is 0.226. The van der Waals surface area contributed by atoms with Crippen molar-refractivity contribution in [2.24, 2.45) is 0 Å². The molecule has 2 amide bonds. The maximum Gasteiger partial charge on any atom is 0.323 e. The third-order valence-electron chi connectivity index (χ3n) is 7.82. The average molecular weight is 567 g/mol. The van der Waals surface area contributed by atoms with Gasteiger partial charge in [0.25, 0.3) is 0 Å². The zero-order chi connectivity index (χ0) is 29.7. The number of carbonyl (C=O) groups is 1. The van der Waals surface area contributed by atoms with E-state index >= 15 is 0 Å². The normalized spacial score (nSPS) is 14.2. The Kier molecular flexibility index (Phi) is 9.06. The summed E-state index contributed by atoms with van der Waals surface area (Å²) < 4.78 is 5.51. The second-order valence-corrected chi connectivity index (χ2v) is 11.7. The highest BCUT2D eigenvalue weighted by Crippen LogP contribution is 2.34. The van der Waals surface area contributed by atoms with Crippen LogP contribution in [-0.2, 0) is 12.0 Å². The van der Waals surface area contributed by atoms with E-state index in [2.05, 4.69) is 77.9 Å². The molecule has 0 spiro atoms. The van der Waals surface area contributed by atoms with Crippen molar-refractivity contribution < 1.29 is 9.53 Å². The number of hydrogen-bond acceptors (Lipinski definition) is 6. The molecule has 0 atom stereocenters. The van der Waals surface area contributed by atoms with Crippen LogP contribution in [0.2, 0.25) is 0 Å². The summed E-state index contributed by atoms with van der Waals surface area (Å²) in [6, 6.07) is 22.0. The minimum atomic E-state index is -0.326. The lowest BCUT2D eigenvalue weighted by atomic mass is 9.87. The summed E-state index contributed by atoms with van der Waals surface area (Å²) in [6.45, 7) is 14.4. The van der Waals surface area contributed by atoms with Gasteiger partial charge < -0.3 is 20.7 Å². The number of carbonyl (C=O) groups excluding carboxylic acids is 1. The van der Waals surface area contributed by atoms with Gasteiger partial charge in [0.15, 0.2) is 0 Å². The number of hydrogen-bond donors (Lipinski definition) is 3. The number of urea groups is 1. The van der Waals surface area contributed by atoms with Gasteiger partial charge in [-0.05, 0) is 46.2 Å². The summed E-state index contributed by atoms with van der Waals surface area (Å²) in [4.78, 5) is 18.0. The van der Waals surface area contributed by atoms with Crippen LogP contribution in [0.5, 0.6) is 5.75 Å². The third kappa shape index (κ3) is 6.73. The average Bonchev–Trinajstić information content (AvgIpc) is 3.00. The summed E-state index contributed by atoms with van der Waals surface area (Å²) in [5.74, 6) is 0.615. The van der Waals surface area contributed by atoms with E-state index < -0.39 is 0 Å². The molecule has 1 aliphatic heterocycles. The Labute approximate surface area is 249 Å². The van der Waals surface area contributed by atoms with Crippen molar-refractivity contribution in [1.29, 1.82) is 0 Å². The van der Waals surface area contributed by atoms with Gasteiger partial charge in [-0.2, -0.15) is 0 Å². The van der Waals surface area contributed by atoms with E-state index in [9.17, 15) is 4.79 Å². The second kappa shape index (κ2) is 12.9. The van der Waals surface area contributed by atoms with Crippen LogP contribution in [0.4, 0.5) is 16.2 Å². The van der Waals surface area contributed by atoms with Gasteiger partial charge in [-0.1, -0.05) is 70.2 Å². The fraction of sp³-hybridized carbons (Fsp3) is 0.353. The number of aromatic nitrogens is 1.